The van der Waals surface area contributed by atoms with Crippen molar-refractivity contribution in [3.05, 3.63) is 39.7 Å². The van der Waals surface area contributed by atoms with Gasteiger partial charge in [0.15, 0.2) is 9.84 Å². The Morgan fingerprint density at radius 1 is 1.42 bits per heavy atom. The lowest BCUT2D eigenvalue weighted by Gasteiger charge is -2.27. The first-order chi connectivity index (χ1) is 11.3. The monoisotopic (exact) mass is 350 g/mol. The van der Waals surface area contributed by atoms with Crippen molar-refractivity contribution in [1.29, 1.82) is 0 Å². The predicted octanol–water partition coefficient (Wildman–Crippen LogP) is 0.939. The Morgan fingerprint density at radius 3 is 2.75 bits per heavy atom. The van der Waals surface area contributed by atoms with Crippen molar-refractivity contribution in [2.24, 2.45) is 5.73 Å². The second kappa shape index (κ2) is 5.71. The number of sulfone groups is 1. The van der Waals surface area contributed by atoms with Gasteiger partial charge in [-0.3, -0.25) is 4.79 Å². The quantitative estimate of drug-likeness (QED) is 0.847. The van der Waals surface area contributed by atoms with Gasteiger partial charge < -0.3 is 15.4 Å². The number of aromatic carboxylic acids is 1. The van der Waals surface area contributed by atoms with E-state index in [1.165, 1.54) is 12.3 Å². The zero-order valence-electron chi connectivity index (χ0n) is 13.2. The molecule has 0 aliphatic carbocycles. The number of carboxylic acids is 1. The molecule has 1 aromatic heterocycles. The topological polar surface area (TPSA) is 119 Å². The maximum absolute atomic E-state index is 12.5. The Hall–Kier alpha value is -2.19. The number of benzene rings is 1. The van der Waals surface area contributed by atoms with E-state index in [4.69, 9.17) is 5.73 Å². The van der Waals surface area contributed by atoms with Crippen LogP contribution in [0.15, 0.2) is 28.0 Å². The van der Waals surface area contributed by atoms with Crippen LogP contribution in [-0.2, 0) is 16.3 Å². The van der Waals surface area contributed by atoms with E-state index in [0.29, 0.717) is 11.9 Å². The molecule has 2 aromatic rings. The third kappa shape index (κ3) is 2.51. The molecule has 24 heavy (non-hydrogen) atoms. The lowest BCUT2D eigenvalue weighted by Crippen LogP contribution is -2.24. The Kier molecular flexibility index (Phi) is 3.97. The molecule has 1 aliphatic heterocycles. The fraction of sp³-hybridized carbons (Fsp3) is 0.375. The number of nitrogens with zero attached hydrogens (tertiary/aromatic N) is 1. The van der Waals surface area contributed by atoms with Crippen LogP contribution in [0.1, 0.15) is 35.3 Å². The molecular weight excluding hydrogens is 332 g/mol. The zero-order valence-corrected chi connectivity index (χ0v) is 14.0. The highest BCUT2D eigenvalue weighted by molar-refractivity contribution is 7.91. The molecule has 0 amide bonds. The van der Waals surface area contributed by atoms with Gasteiger partial charge in [0.25, 0.3) is 0 Å². The summed E-state index contributed by atoms with van der Waals surface area (Å²) in [5.74, 6) is -1.54. The Bertz CT molecular complexity index is 1010. The van der Waals surface area contributed by atoms with E-state index in [9.17, 15) is 23.1 Å². The van der Waals surface area contributed by atoms with Crippen LogP contribution in [0.3, 0.4) is 0 Å². The summed E-state index contributed by atoms with van der Waals surface area (Å²) in [6.45, 7) is 1.92. The molecule has 1 aromatic carbocycles. The van der Waals surface area contributed by atoms with Gasteiger partial charge in [0, 0.05) is 24.2 Å². The maximum atomic E-state index is 12.5. The highest BCUT2D eigenvalue weighted by Gasteiger charge is 2.25. The molecule has 0 bridgehead atoms. The minimum absolute atomic E-state index is 0.0217. The van der Waals surface area contributed by atoms with Gasteiger partial charge in [-0.25, -0.2) is 13.2 Å². The molecule has 0 spiro atoms. The van der Waals surface area contributed by atoms with E-state index in [1.54, 1.807) is 10.6 Å². The third-order valence-corrected chi connectivity index (χ3v) is 6.19. The van der Waals surface area contributed by atoms with Crippen molar-refractivity contribution in [3.8, 4) is 0 Å². The van der Waals surface area contributed by atoms with Crippen molar-refractivity contribution < 1.29 is 18.3 Å². The van der Waals surface area contributed by atoms with Crippen LogP contribution >= 0.6 is 0 Å². The van der Waals surface area contributed by atoms with Crippen LogP contribution < -0.4 is 11.2 Å². The van der Waals surface area contributed by atoms with Crippen molar-refractivity contribution in [2.45, 2.75) is 30.7 Å². The number of aryl methyl sites for hydroxylation is 1. The van der Waals surface area contributed by atoms with Gasteiger partial charge in [0.1, 0.15) is 5.56 Å². The summed E-state index contributed by atoms with van der Waals surface area (Å²) in [5.41, 5.74) is 5.72. The molecule has 1 aliphatic rings. The molecule has 128 valence electrons. The number of carboxylic acid groups (broad SMARTS) is 1. The molecule has 0 unspecified atom stereocenters. The van der Waals surface area contributed by atoms with Crippen LogP contribution in [0.25, 0.3) is 10.9 Å². The standard InChI is InChI=1S/C16H18N2O5S/c1-9-2-3-10-6-11(24(22,23)5-4-17)7-12-14(10)18(9)8-13(15(12)19)16(20)21/h6-9H,2-5,17H2,1H3,(H,20,21)/t9-/m1/s1. The van der Waals surface area contributed by atoms with E-state index in [-0.39, 0.29) is 34.2 Å². The third-order valence-electron chi connectivity index (χ3n) is 4.46. The summed E-state index contributed by atoms with van der Waals surface area (Å²) in [7, 11) is -3.61. The van der Waals surface area contributed by atoms with Crippen molar-refractivity contribution >= 4 is 26.7 Å². The lowest BCUT2D eigenvalue weighted by atomic mass is 9.96. The lowest BCUT2D eigenvalue weighted by molar-refractivity contribution is 0.0694. The molecule has 3 rings (SSSR count). The molecule has 0 radical (unpaired) electrons. The first-order valence-corrected chi connectivity index (χ1v) is 9.29. The van der Waals surface area contributed by atoms with Gasteiger partial charge in [0.05, 0.1) is 16.2 Å². The predicted molar refractivity (Wildman–Crippen MR) is 89.3 cm³/mol. The zero-order chi connectivity index (χ0) is 17.6. The van der Waals surface area contributed by atoms with Gasteiger partial charge in [-0.15, -0.1) is 0 Å². The molecule has 1 atom stereocenters. The number of hydrogen-bond donors (Lipinski definition) is 2. The average molecular weight is 350 g/mol. The molecule has 2 heterocycles. The number of nitrogens with two attached hydrogens (primary N) is 1. The molecular formula is C16H18N2O5S. The van der Waals surface area contributed by atoms with Crippen LogP contribution in [0.4, 0.5) is 0 Å². The maximum Gasteiger partial charge on any atom is 0.341 e. The van der Waals surface area contributed by atoms with Crippen LogP contribution in [-0.4, -0.2) is 36.4 Å². The fourth-order valence-corrected chi connectivity index (χ4v) is 4.36. The first kappa shape index (κ1) is 16.7. The van der Waals surface area contributed by atoms with Gasteiger partial charge >= 0.3 is 5.97 Å². The number of aromatic nitrogens is 1. The van der Waals surface area contributed by atoms with E-state index < -0.39 is 21.2 Å². The Balaban J connectivity index is 2.44. The second-order valence-electron chi connectivity index (χ2n) is 6.06. The molecule has 0 saturated heterocycles. The van der Waals surface area contributed by atoms with E-state index >= 15 is 0 Å². The van der Waals surface area contributed by atoms with Gasteiger partial charge in [-0.1, -0.05) is 0 Å². The second-order valence-corrected chi connectivity index (χ2v) is 8.17. The van der Waals surface area contributed by atoms with Gasteiger partial charge in [0.2, 0.25) is 5.43 Å². The van der Waals surface area contributed by atoms with Crippen LogP contribution in [0, 0.1) is 0 Å². The van der Waals surface area contributed by atoms with Gasteiger partial charge in [-0.05, 0) is 37.5 Å². The molecule has 3 N–H and O–H groups in total. The van der Waals surface area contributed by atoms with Crippen molar-refractivity contribution in [2.75, 3.05) is 12.3 Å². The molecule has 8 heteroatoms. The summed E-state index contributed by atoms with van der Waals surface area (Å²) in [6.07, 6.45) is 2.73. The average Bonchev–Trinajstić information content (AvgIpc) is 2.51. The summed E-state index contributed by atoms with van der Waals surface area (Å²) in [5, 5.41) is 9.42. The molecule has 0 fully saturated rings. The number of carbonyl (C=O) groups is 1. The minimum atomic E-state index is -3.61. The summed E-state index contributed by atoms with van der Waals surface area (Å²) < 4.78 is 26.4. The summed E-state index contributed by atoms with van der Waals surface area (Å²) in [6, 6.07) is 2.90. The largest absolute Gasteiger partial charge is 0.477 e. The normalized spacial score (nSPS) is 17.2. The number of pyridine rings is 1. The SMILES string of the molecule is C[C@@H]1CCc2cc(S(=O)(=O)CCN)cc3c(=O)c(C(=O)O)cn1c23. The van der Waals surface area contributed by atoms with E-state index in [2.05, 4.69) is 0 Å². The number of hydrogen-bond acceptors (Lipinski definition) is 5. The first-order valence-electron chi connectivity index (χ1n) is 7.64. The van der Waals surface area contributed by atoms with E-state index in [0.717, 1.165) is 12.0 Å². The van der Waals surface area contributed by atoms with Gasteiger partial charge in [-0.2, -0.15) is 0 Å². The Morgan fingerprint density at radius 2 is 2.12 bits per heavy atom. The van der Waals surface area contributed by atoms with Crippen LogP contribution in [0.5, 0.6) is 0 Å². The smallest absolute Gasteiger partial charge is 0.341 e. The molecule has 0 saturated carbocycles. The number of rotatable bonds is 4. The van der Waals surface area contributed by atoms with Crippen molar-refractivity contribution in [1.82, 2.24) is 4.57 Å². The fourth-order valence-electron chi connectivity index (χ4n) is 3.20. The molecule has 7 nitrogen and oxygen atoms in total. The van der Waals surface area contributed by atoms with Crippen molar-refractivity contribution in [3.63, 3.8) is 0 Å². The Labute approximate surface area is 138 Å². The minimum Gasteiger partial charge on any atom is -0.477 e. The van der Waals surface area contributed by atoms with Crippen LogP contribution in [0.2, 0.25) is 0 Å². The summed E-state index contributed by atoms with van der Waals surface area (Å²) >= 11 is 0. The highest BCUT2D eigenvalue weighted by Crippen LogP contribution is 2.32. The summed E-state index contributed by atoms with van der Waals surface area (Å²) in [4.78, 5) is 23.9. The highest BCUT2D eigenvalue weighted by atomic mass is 32.2. The van der Waals surface area contributed by atoms with E-state index in [1.807, 2.05) is 6.92 Å².